The van der Waals surface area contributed by atoms with E-state index in [1.165, 1.54) is 50.5 Å². The fraction of sp³-hybridized carbons (Fsp3) is 0.667. The maximum atomic E-state index is 10.7. The van der Waals surface area contributed by atoms with Crippen LogP contribution >= 0.6 is 12.4 Å². The first-order chi connectivity index (χ1) is 10.7. The molecule has 0 saturated carbocycles. The van der Waals surface area contributed by atoms with Crippen molar-refractivity contribution in [1.29, 1.82) is 0 Å². The van der Waals surface area contributed by atoms with Gasteiger partial charge in [-0.1, -0.05) is 51.2 Å². The van der Waals surface area contributed by atoms with Gasteiger partial charge in [0, 0.05) is 18.7 Å². The Balaban J connectivity index is 0.00000264. The number of hydrogen-bond donors (Lipinski definition) is 0. The summed E-state index contributed by atoms with van der Waals surface area (Å²) in [5, 5.41) is 10.7. The zero-order valence-corrected chi connectivity index (χ0v) is 14.9. The molecule has 23 heavy (non-hydrogen) atoms. The van der Waals surface area contributed by atoms with E-state index in [1.54, 1.807) is 12.1 Å². The average Bonchev–Trinajstić information content (AvgIpc) is 2.54. The van der Waals surface area contributed by atoms with E-state index < -0.39 is 0 Å². The molecule has 1 aliphatic heterocycles. The van der Waals surface area contributed by atoms with Crippen LogP contribution < -0.4 is 0 Å². The number of unbranched alkanes of at least 4 members (excludes halogenated alkanes) is 3. The van der Waals surface area contributed by atoms with Crippen molar-refractivity contribution in [3.8, 4) is 0 Å². The van der Waals surface area contributed by atoms with Gasteiger partial charge in [0.05, 0.1) is 4.92 Å². The number of nitro benzene ring substituents is 1. The zero-order valence-electron chi connectivity index (χ0n) is 14.1. The topological polar surface area (TPSA) is 46.4 Å². The summed E-state index contributed by atoms with van der Waals surface area (Å²) in [7, 11) is 0. The molecule has 0 bridgehead atoms. The molecule has 1 fully saturated rings. The molecule has 0 aromatic heterocycles. The lowest BCUT2D eigenvalue weighted by Gasteiger charge is -2.32. The van der Waals surface area contributed by atoms with Gasteiger partial charge in [-0.05, 0) is 37.4 Å². The molecule has 0 atom stereocenters. The van der Waals surface area contributed by atoms with Gasteiger partial charge in [0.1, 0.15) is 0 Å². The molecule has 0 N–H and O–H groups in total. The Morgan fingerprint density at radius 3 is 2.35 bits per heavy atom. The van der Waals surface area contributed by atoms with Gasteiger partial charge >= 0.3 is 0 Å². The van der Waals surface area contributed by atoms with Gasteiger partial charge in [0.15, 0.2) is 0 Å². The summed E-state index contributed by atoms with van der Waals surface area (Å²) in [5.74, 6) is 0.907. The monoisotopic (exact) mass is 340 g/mol. The summed E-state index contributed by atoms with van der Waals surface area (Å²) in [4.78, 5) is 12.8. The van der Waals surface area contributed by atoms with E-state index in [2.05, 4.69) is 11.8 Å². The molecule has 0 amide bonds. The molecule has 1 saturated heterocycles. The Bertz CT molecular complexity index is 457. The lowest BCUT2D eigenvalue weighted by atomic mass is 9.91. The van der Waals surface area contributed by atoms with E-state index in [-0.39, 0.29) is 23.0 Å². The first-order valence-corrected chi connectivity index (χ1v) is 8.64. The average molecular weight is 341 g/mol. The van der Waals surface area contributed by atoms with Crippen molar-refractivity contribution in [3.05, 3.63) is 39.9 Å². The predicted octanol–water partition coefficient (Wildman–Crippen LogP) is 5.20. The zero-order chi connectivity index (χ0) is 15.8. The van der Waals surface area contributed by atoms with Crippen LogP contribution in [0.25, 0.3) is 0 Å². The van der Waals surface area contributed by atoms with Gasteiger partial charge in [-0.2, -0.15) is 0 Å². The van der Waals surface area contributed by atoms with Crippen LogP contribution in [0.3, 0.4) is 0 Å². The van der Waals surface area contributed by atoms with Crippen LogP contribution in [0.1, 0.15) is 57.4 Å². The third-order valence-corrected chi connectivity index (χ3v) is 4.73. The molecule has 1 aliphatic rings. The van der Waals surface area contributed by atoms with Crippen LogP contribution in [-0.4, -0.2) is 22.9 Å². The quantitative estimate of drug-likeness (QED) is 0.371. The van der Waals surface area contributed by atoms with E-state index in [9.17, 15) is 10.1 Å². The minimum atomic E-state index is -0.339. The fourth-order valence-electron chi connectivity index (χ4n) is 3.27. The summed E-state index contributed by atoms with van der Waals surface area (Å²) < 4.78 is 0. The largest absolute Gasteiger partial charge is 0.299 e. The van der Waals surface area contributed by atoms with Gasteiger partial charge in [0.25, 0.3) is 5.69 Å². The van der Waals surface area contributed by atoms with Crippen LogP contribution in [0.4, 0.5) is 5.69 Å². The summed E-state index contributed by atoms with van der Waals surface area (Å²) in [6.45, 7) is 5.50. The van der Waals surface area contributed by atoms with Crippen LogP contribution in [0, 0.1) is 16.0 Å². The van der Waals surface area contributed by atoms with Crippen LogP contribution in [0.15, 0.2) is 24.3 Å². The molecule has 4 nitrogen and oxygen atoms in total. The maximum absolute atomic E-state index is 10.7. The van der Waals surface area contributed by atoms with E-state index in [4.69, 9.17) is 0 Å². The normalized spacial score (nSPS) is 16.0. The molecule has 0 unspecified atom stereocenters. The van der Waals surface area contributed by atoms with E-state index in [1.807, 2.05) is 12.1 Å². The summed E-state index contributed by atoms with van der Waals surface area (Å²) in [6, 6.07) is 6.98. The van der Waals surface area contributed by atoms with Crippen LogP contribution in [0.5, 0.6) is 0 Å². The summed E-state index contributed by atoms with van der Waals surface area (Å²) >= 11 is 0. The molecule has 130 valence electrons. The summed E-state index contributed by atoms with van der Waals surface area (Å²) in [5.41, 5.74) is 1.35. The highest BCUT2D eigenvalue weighted by Gasteiger charge is 2.19. The second kappa shape index (κ2) is 10.6. The fourth-order valence-corrected chi connectivity index (χ4v) is 3.27. The van der Waals surface area contributed by atoms with Crippen molar-refractivity contribution >= 4 is 18.1 Å². The second-order valence-electron chi connectivity index (χ2n) is 6.49. The van der Waals surface area contributed by atoms with Crippen LogP contribution in [0.2, 0.25) is 0 Å². The third-order valence-electron chi connectivity index (χ3n) is 4.73. The molecule has 1 aromatic rings. The molecule has 0 radical (unpaired) electrons. The minimum absolute atomic E-state index is 0. The highest BCUT2D eigenvalue weighted by Crippen LogP contribution is 2.24. The molecule has 1 heterocycles. The molecule has 0 spiro atoms. The first-order valence-electron chi connectivity index (χ1n) is 8.64. The molecule has 0 aliphatic carbocycles. The third kappa shape index (κ3) is 6.88. The number of nitro groups is 1. The van der Waals surface area contributed by atoms with Crippen molar-refractivity contribution in [1.82, 2.24) is 4.90 Å². The number of hydrogen-bond acceptors (Lipinski definition) is 3. The lowest BCUT2D eigenvalue weighted by Crippen LogP contribution is -2.33. The number of piperidine rings is 1. The highest BCUT2D eigenvalue weighted by molar-refractivity contribution is 5.85. The number of non-ortho nitro benzene ring substituents is 1. The molecular formula is C18H29ClN2O2. The van der Waals surface area contributed by atoms with Crippen molar-refractivity contribution in [2.75, 3.05) is 13.1 Å². The minimum Gasteiger partial charge on any atom is -0.299 e. The number of halogens is 1. The smallest absolute Gasteiger partial charge is 0.269 e. The molecule has 5 heteroatoms. The Hall–Kier alpha value is -1.13. The van der Waals surface area contributed by atoms with Gasteiger partial charge in [0.2, 0.25) is 0 Å². The number of nitrogens with zero attached hydrogens (tertiary/aromatic N) is 2. The Morgan fingerprint density at radius 1 is 1.13 bits per heavy atom. The van der Waals surface area contributed by atoms with Crippen molar-refractivity contribution in [2.45, 2.75) is 58.4 Å². The first kappa shape index (κ1) is 19.9. The molecular weight excluding hydrogens is 312 g/mol. The van der Waals surface area contributed by atoms with Crippen molar-refractivity contribution < 1.29 is 4.92 Å². The SMILES string of the molecule is CCCCCCC1CCN(Cc2ccc([N+](=O)[O-])cc2)CC1.Cl. The van der Waals surface area contributed by atoms with E-state index >= 15 is 0 Å². The summed E-state index contributed by atoms with van der Waals surface area (Å²) in [6.07, 6.45) is 9.47. The van der Waals surface area contributed by atoms with Gasteiger partial charge in [-0.25, -0.2) is 0 Å². The second-order valence-corrected chi connectivity index (χ2v) is 6.49. The van der Waals surface area contributed by atoms with Gasteiger partial charge < -0.3 is 0 Å². The Kier molecular flexibility index (Phi) is 9.19. The van der Waals surface area contributed by atoms with Crippen molar-refractivity contribution in [3.63, 3.8) is 0 Å². The van der Waals surface area contributed by atoms with E-state index in [0.717, 1.165) is 25.6 Å². The maximum Gasteiger partial charge on any atom is 0.269 e. The Morgan fingerprint density at radius 2 is 1.78 bits per heavy atom. The standard InChI is InChI=1S/C18H28N2O2.ClH/c1-2-3-4-5-6-16-11-13-19(14-12-16)15-17-7-9-18(10-8-17)20(21)22;/h7-10,16H,2-6,11-15H2,1H3;1H. The van der Waals surface area contributed by atoms with E-state index in [0.29, 0.717) is 0 Å². The number of benzene rings is 1. The van der Waals surface area contributed by atoms with Crippen molar-refractivity contribution in [2.24, 2.45) is 5.92 Å². The van der Waals surface area contributed by atoms with Crippen LogP contribution in [-0.2, 0) is 6.54 Å². The molecule has 1 aromatic carbocycles. The van der Waals surface area contributed by atoms with Gasteiger partial charge in [-0.3, -0.25) is 15.0 Å². The highest BCUT2D eigenvalue weighted by atomic mass is 35.5. The lowest BCUT2D eigenvalue weighted by molar-refractivity contribution is -0.384. The van der Waals surface area contributed by atoms with Gasteiger partial charge in [-0.15, -0.1) is 12.4 Å². The molecule has 2 rings (SSSR count). The number of rotatable bonds is 8. The number of likely N-dealkylation sites (tertiary alicyclic amines) is 1. The Labute approximate surface area is 145 Å². The predicted molar refractivity (Wildman–Crippen MR) is 97.1 cm³/mol.